The first-order valence-electron chi connectivity index (χ1n) is 6.05. The van der Waals surface area contributed by atoms with Gasteiger partial charge in [-0.05, 0) is 29.8 Å². The van der Waals surface area contributed by atoms with E-state index in [4.69, 9.17) is 33.7 Å². The zero-order chi connectivity index (χ0) is 14.4. The minimum Gasteiger partial charge on any atom is -0.488 e. The molecule has 2 rings (SSSR count). The van der Waals surface area contributed by atoms with Gasteiger partial charge in [0.15, 0.2) is 0 Å². The lowest BCUT2D eigenvalue weighted by Crippen LogP contribution is -1.98. The Bertz CT molecular complexity index is 659. The first-order chi connectivity index (χ1) is 9.70. The highest BCUT2D eigenvalue weighted by Gasteiger charge is 2.03. The Morgan fingerprint density at radius 1 is 1.05 bits per heavy atom. The molecule has 0 aliphatic heterocycles. The fourth-order valence-corrected chi connectivity index (χ4v) is 1.95. The third-order valence-corrected chi connectivity index (χ3v) is 3.33. The van der Waals surface area contributed by atoms with Crippen molar-refractivity contribution in [1.29, 1.82) is 0 Å². The van der Waals surface area contributed by atoms with Gasteiger partial charge in [0.25, 0.3) is 0 Å². The Morgan fingerprint density at radius 3 is 2.60 bits per heavy atom. The molecule has 4 heteroatoms. The van der Waals surface area contributed by atoms with Crippen molar-refractivity contribution in [1.82, 2.24) is 0 Å². The van der Waals surface area contributed by atoms with E-state index in [1.165, 1.54) is 0 Å². The molecule has 0 bridgehead atoms. The molecule has 0 aromatic heterocycles. The van der Waals surface area contributed by atoms with Crippen LogP contribution in [-0.2, 0) is 6.61 Å². The summed E-state index contributed by atoms with van der Waals surface area (Å²) in [4.78, 5) is 0. The van der Waals surface area contributed by atoms with Gasteiger partial charge in [-0.25, -0.2) is 0 Å². The average molecular weight is 306 g/mol. The molecule has 0 saturated heterocycles. The van der Waals surface area contributed by atoms with Crippen LogP contribution in [0, 0.1) is 11.8 Å². The molecule has 2 aromatic rings. The van der Waals surface area contributed by atoms with Gasteiger partial charge < -0.3 is 10.5 Å². The van der Waals surface area contributed by atoms with Gasteiger partial charge >= 0.3 is 0 Å². The van der Waals surface area contributed by atoms with Crippen molar-refractivity contribution < 1.29 is 4.74 Å². The third-order valence-electron chi connectivity index (χ3n) is 2.59. The average Bonchev–Trinajstić information content (AvgIpc) is 2.47. The van der Waals surface area contributed by atoms with E-state index in [-0.39, 0.29) is 0 Å². The van der Waals surface area contributed by atoms with Gasteiger partial charge in [0.1, 0.15) is 12.4 Å². The van der Waals surface area contributed by atoms with Crippen molar-refractivity contribution in [2.45, 2.75) is 6.61 Å². The summed E-state index contributed by atoms with van der Waals surface area (Å²) < 4.78 is 5.77. The summed E-state index contributed by atoms with van der Waals surface area (Å²) in [7, 11) is 0. The van der Waals surface area contributed by atoms with Crippen LogP contribution in [0.15, 0.2) is 42.5 Å². The maximum atomic E-state index is 5.97. The molecular formula is C16H13Cl2NO. The summed E-state index contributed by atoms with van der Waals surface area (Å²) >= 11 is 11.8. The van der Waals surface area contributed by atoms with Crippen molar-refractivity contribution >= 4 is 23.2 Å². The Labute approximate surface area is 128 Å². The van der Waals surface area contributed by atoms with Crippen LogP contribution >= 0.6 is 23.2 Å². The summed E-state index contributed by atoms with van der Waals surface area (Å²) in [5.41, 5.74) is 7.14. The van der Waals surface area contributed by atoms with E-state index in [1.54, 1.807) is 12.1 Å². The summed E-state index contributed by atoms with van der Waals surface area (Å²) in [6, 6.07) is 13.0. The van der Waals surface area contributed by atoms with Gasteiger partial charge in [-0.3, -0.25) is 0 Å². The molecule has 0 saturated carbocycles. The van der Waals surface area contributed by atoms with Gasteiger partial charge in [0.2, 0.25) is 0 Å². The fraction of sp³-hybridized carbons (Fsp3) is 0.125. The molecule has 2 aromatic carbocycles. The number of nitrogens with two attached hydrogens (primary N) is 1. The largest absolute Gasteiger partial charge is 0.488 e. The predicted octanol–water partition coefficient (Wildman–Crippen LogP) is 3.88. The van der Waals surface area contributed by atoms with Crippen molar-refractivity contribution in [3.8, 4) is 17.6 Å². The van der Waals surface area contributed by atoms with Crippen LogP contribution < -0.4 is 10.5 Å². The number of para-hydroxylation sites is 1. The van der Waals surface area contributed by atoms with Gasteiger partial charge in [-0.1, -0.05) is 53.2 Å². The Balaban J connectivity index is 2.12. The van der Waals surface area contributed by atoms with Crippen LogP contribution in [0.3, 0.4) is 0 Å². The number of rotatable bonds is 3. The molecular weight excluding hydrogens is 293 g/mol. The standard InChI is InChI=1S/C16H13Cl2NO/c17-14-8-7-12(10-15(14)18)11-20-16-6-2-1-4-13(16)5-3-9-19/h1-2,4,6-8,10H,9,11,19H2. The molecule has 0 atom stereocenters. The number of benzene rings is 2. The van der Waals surface area contributed by atoms with E-state index in [1.807, 2.05) is 30.3 Å². The Kier molecular flexibility index (Phi) is 5.31. The molecule has 0 aliphatic rings. The molecule has 0 fully saturated rings. The van der Waals surface area contributed by atoms with Crippen molar-refractivity contribution in [2.24, 2.45) is 5.73 Å². The smallest absolute Gasteiger partial charge is 0.135 e. The number of halogens is 2. The van der Waals surface area contributed by atoms with Gasteiger partial charge in [0.05, 0.1) is 22.2 Å². The number of hydrogen-bond acceptors (Lipinski definition) is 2. The van der Waals surface area contributed by atoms with E-state index < -0.39 is 0 Å². The molecule has 102 valence electrons. The van der Waals surface area contributed by atoms with E-state index in [0.717, 1.165) is 16.9 Å². The Hall–Kier alpha value is -1.66. The minimum absolute atomic E-state index is 0.321. The number of hydrogen-bond donors (Lipinski definition) is 1. The zero-order valence-corrected chi connectivity index (χ0v) is 12.2. The quantitative estimate of drug-likeness (QED) is 0.873. The minimum atomic E-state index is 0.321. The lowest BCUT2D eigenvalue weighted by Gasteiger charge is -2.09. The van der Waals surface area contributed by atoms with Crippen LogP contribution in [-0.4, -0.2) is 6.54 Å². The SMILES string of the molecule is NCC#Cc1ccccc1OCc1ccc(Cl)c(Cl)c1. The van der Waals surface area contributed by atoms with Crippen molar-refractivity contribution in [3.63, 3.8) is 0 Å². The Morgan fingerprint density at radius 2 is 1.85 bits per heavy atom. The van der Waals surface area contributed by atoms with Crippen LogP contribution in [0.1, 0.15) is 11.1 Å². The van der Waals surface area contributed by atoms with Gasteiger partial charge in [-0.15, -0.1) is 0 Å². The highest BCUT2D eigenvalue weighted by atomic mass is 35.5. The van der Waals surface area contributed by atoms with Crippen LogP contribution in [0.5, 0.6) is 5.75 Å². The second kappa shape index (κ2) is 7.21. The normalized spacial score (nSPS) is 9.75. The lowest BCUT2D eigenvalue weighted by atomic mass is 10.2. The van der Waals surface area contributed by atoms with E-state index in [0.29, 0.717) is 23.2 Å². The summed E-state index contributed by atoms with van der Waals surface area (Å²) in [5, 5.41) is 1.05. The second-order valence-corrected chi connectivity index (χ2v) is 4.85. The molecule has 2 N–H and O–H groups in total. The van der Waals surface area contributed by atoms with Crippen LogP contribution in [0.4, 0.5) is 0 Å². The highest BCUT2D eigenvalue weighted by molar-refractivity contribution is 6.42. The number of ether oxygens (including phenoxy) is 1. The monoisotopic (exact) mass is 305 g/mol. The predicted molar refractivity (Wildman–Crippen MR) is 83.2 cm³/mol. The summed E-state index contributed by atoms with van der Waals surface area (Å²) in [5.74, 6) is 6.52. The summed E-state index contributed by atoms with van der Waals surface area (Å²) in [6.45, 7) is 0.722. The third kappa shape index (κ3) is 3.91. The molecule has 0 aliphatic carbocycles. The second-order valence-electron chi connectivity index (χ2n) is 4.04. The molecule has 0 heterocycles. The topological polar surface area (TPSA) is 35.2 Å². The van der Waals surface area contributed by atoms with Crippen LogP contribution in [0.25, 0.3) is 0 Å². The van der Waals surface area contributed by atoms with Gasteiger partial charge in [0, 0.05) is 0 Å². The maximum Gasteiger partial charge on any atom is 0.135 e. The molecule has 0 radical (unpaired) electrons. The maximum absolute atomic E-state index is 5.97. The fourth-order valence-electron chi connectivity index (χ4n) is 1.63. The van der Waals surface area contributed by atoms with Crippen molar-refractivity contribution in [3.05, 3.63) is 63.6 Å². The molecule has 2 nitrogen and oxygen atoms in total. The zero-order valence-electron chi connectivity index (χ0n) is 10.7. The first kappa shape index (κ1) is 14.7. The highest BCUT2D eigenvalue weighted by Crippen LogP contribution is 2.24. The first-order valence-corrected chi connectivity index (χ1v) is 6.81. The van der Waals surface area contributed by atoms with E-state index in [9.17, 15) is 0 Å². The summed E-state index contributed by atoms with van der Waals surface area (Å²) in [6.07, 6.45) is 0. The van der Waals surface area contributed by atoms with Gasteiger partial charge in [-0.2, -0.15) is 0 Å². The molecule has 0 amide bonds. The molecule has 0 spiro atoms. The molecule has 20 heavy (non-hydrogen) atoms. The van der Waals surface area contributed by atoms with Crippen molar-refractivity contribution in [2.75, 3.05) is 6.54 Å². The molecule has 0 unspecified atom stereocenters. The van der Waals surface area contributed by atoms with E-state index in [2.05, 4.69) is 11.8 Å². The van der Waals surface area contributed by atoms with E-state index >= 15 is 0 Å². The van der Waals surface area contributed by atoms with Crippen LogP contribution in [0.2, 0.25) is 10.0 Å². The lowest BCUT2D eigenvalue weighted by molar-refractivity contribution is 0.305.